The highest BCUT2D eigenvalue weighted by Gasteiger charge is 2.50. The molecule has 1 aromatic heterocycles. The van der Waals surface area contributed by atoms with Gasteiger partial charge in [-0.1, -0.05) is 6.92 Å². The predicted molar refractivity (Wildman–Crippen MR) is 137 cm³/mol. The Labute approximate surface area is 211 Å². The zero-order valence-corrected chi connectivity index (χ0v) is 21.8. The lowest BCUT2D eigenvalue weighted by Gasteiger charge is -2.58. The maximum Gasteiger partial charge on any atom is 0.274 e. The van der Waals surface area contributed by atoms with E-state index in [2.05, 4.69) is 21.4 Å². The van der Waals surface area contributed by atoms with E-state index in [1.54, 1.807) is 6.42 Å². The second-order valence-electron chi connectivity index (χ2n) is 12.9. The fourth-order valence-corrected chi connectivity index (χ4v) is 9.51. The Morgan fingerprint density at radius 3 is 2.20 bits per heavy atom. The van der Waals surface area contributed by atoms with Gasteiger partial charge in [-0.05, 0) is 94.3 Å². The minimum Gasteiger partial charge on any atom is -0.337 e. The third-order valence-corrected chi connectivity index (χ3v) is 10.8. The van der Waals surface area contributed by atoms with Crippen LogP contribution < -0.4 is 0 Å². The molecule has 0 N–H and O–H groups in total. The van der Waals surface area contributed by atoms with E-state index in [4.69, 9.17) is 5.10 Å². The maximum absolute atomic E-state index is 13.4. The van der Waals surface area contributed by atoms with Crippen molar-refractivity contribution >= 4 is 5.91 Å². The molecule has 1 amide bonds. The molecule has 7 aliphatic rings. The molecule has 1 aromatic rings. The van der Waals surface area contributed by atoms with Crippen LogP contribution in [0.25, 0.3) is 0 Å². The van der Waals surface area contributed by atoms with Gasteiger partial charge in [0.05, 0.1) is 0 Å². The Hall–Kier alpha value is -1.40. The maximum atomic E-state index is 13.4. The molecule has 6 fully saturated rings. The van der Waals surface area contributed by atoms with E-state index in [0.29, 0.717) is 6.04 Å². The second-order valence-corrected chi connectivity index (χ2v) is 12.9. The third-order valence-electron chi connectivity index (χ3n) is 10.8. The molecule has 5 aliphatic carbocycles. The molecule has 0 radical (unpaired) electrons. The van der Waals surface area contributed by atoms with Gasteiger partial charge in [0.2, 0.25) is 0 Å². The SMILES string of the molecule is CCCn1nc(C(=O)N2CCCC2)c2c1CCC(N1CCN(C3C4CC5CC(C4)CC3C5)CC1)C2. The summed E-state index contributed by atoms with van der Waals surface area (Å²) < 4.78 is 2.18. The van der Waals surface area contributed by atoms with Gasteiger partial charge in [0.25, 0.3) is 5.91 Å². The normalized spacial score (nSPS) is 37.2. The number of carbonyl (C=O) groups excluding carboxylic acids is 1. The first-order valence-electron chi connectivity index (χ1n) is 15.0. The highest BCUT2D eigenvalue weighted by molar-refractivity contribution is 5.94. The summed E-state index contributed by atoms with van der Waals surface area (Å²) >= 11 is 0. The van der Waals surface area contributed by atoms with Gasteiger partial charge >= 0.3 is 0 Å². The summed E-state index contributed by atoms with van der Waals surface area (Å²) in [4.78, 5) is 21.1. The summed E-state index contributed by atoms with van der Waals surface area (Å²) in [6, 6.07) is 1.47. The molecule has 4 bridgehead atoms. The van der Waals surface area contributed by atoms with E-state index in [-0.39, 0.29) is 5.91 Å². The van der Waals surface area contributed by atoms with Crippen molar-refractivity contribution < 1.29 is 4.79 Å². The van der Waals surface area contributed by atoms with E-state index in [1.807, 2.05) is 4.90 Å². The topological polar surface area (TPSA) is 44.6 Å². The molecule has 192 valence electrons. The number of amides is 1. The molecule has 8 rings (SSSR count). The van der Waals surface area contributed by atoms with Gasteiger partial charge in [0.15, 0.2) is 5.69 Å². The average Bonchev–Trinajstić information content (AvgIpc) is 3.52. The van der Waals surface area contributed by atoms with Crippen LogP contribution in [-0.4, -0.2) is 81.7 Å². The minimum absolute atomic E-state index is 0.195. The van der Waals surface area contributed by atoms with Crippen LogP contribution in [0.3, 0.4) is 0 Å². The number of hydrogen-bond acceptors (Lipinski definition) is 4. The number of aromatic nitrogens is 2. The first-order valence-corrected chi connectivity index (χ1v) is 15.0. The van der Waals surface area contributed by atoms with Crippen molar-refractivity contribution in [1.82, 2.24) is 24.5 Å². The van der Waals surface area contributed by atoms with Crippen LogP contribution >= 0.6 is 0 Å². The molecule has 6 heteroatoms. The monoisotopic (exact) mass is 479 g/mol. The van der Waals surface area contributed by atoms with Crippen LogP contribution in [0, 0.1) is 23.7 Å². The fourth-order valence-electron chi connectivity index (χ4n) is 9.51. The van der Waals surface area contributed by atoms with Crippen molar-refractivity contribution in [1.29, 1.82) is 0 Å². The number of piperazine rings is 1. The van der Waals surface area contributed by atoms with Gasteiger partial charge in [-0.15, -0.1) is 0 Å². The Morgan fingerprint density at radius 2 is 1.54 bits per heavy atom. The summed E-state index contributed by atoms with van der Waals surface area (Å²) in [5.41, 5.74) is 3.43. The molecule has 1 atom stereocenters. The predicted octanol–water partition coefficient (Wildman–Crippen LogP) is 3.83. The van der Waals surface area contributed by atoms with Crippen molar-refractivity contribution in [2.75, 3.05) is 39.3 Å². The molecule has 2 aliphatic heterocycles. The molecule has 1 unspecified atom stereocenters. The van der Waals surface area contributed by atoms with Gasteiger partial charge in [-0.3, -0.25) is 19.3 Å². The zero-order valence-electron chi connectivity index (χ0n) is 21.8. The van der Waals surface area contributed by atoms with Crippen LogP contribution in [0.1, 0.15) is 86.5 Å². The van der Waals surface area contributed by atoms with E-state index in [9.17, 15) is 4.79 Å². The average molecular weight is 480 g/mol. The van der Waals surface area contributed by atoms with Crippen LogP contribution in [0.4, 0.5) is 0 Å². The number of hydrogen-bond donors (Lipinski definition) is 0. The lowest BCUT2D eigenvalue weighted by molar-refractivity contribution is -0.0794. The summed E-state index contributed by atoms with van der Waals surface area (Å²) in [6.07, 6.45) is 14.3. The van der Waals surface area contributed by atoms with E-state index in [1.165, 1.54) is 69.5 Å². The van der Waals surface area contributed by atoms with Crippen molar-refractivity contribution in [3.63, 3.8) is 0 Å². The lowest BCUT2D eigenvalue weighted by Crippen LogP contribution is -2.61. The molecular weight excluding hydrogens is 434 g/mol. The lowest BCUT2D eigenvalue weighted by atomic mass is 9.54. The summed E-state index contributed by atoms with van der Waals surface area (Å²) in [5, 5.41) is 4.92. The summed E-state index contributed by atoms with van der Waals surface area (Å²) in [5.74, 6) is 4.33. The van der Waals surface area contributed by atoms with E-state index in [0.717, 1.165) is 87.1 Å². The van der Waals surface area contributed by atoms with Gasteiger partial charge in [0, 0.05) is 69.2 Å². The summed E-state index contributed by atoms with van der Waals surface area (Å²) in [6.45, 7) is 9.89. The van der Waals surface area contributed by atoms with Gasteiger partial charge in [-0.25, -0.2) is 0 Å². The molecule has 4 saturated carbocycles. The van der Waals surface area contributed by atoms with Crippen molar-refractivity contribution in [2.45, 2.75) is 96.2 Å². The highest BCUT2D eigenvalue weighted by Crippen LogP contribution is 2.55. The quantitative estimate of drug-likeness (QED) is 0.644. The Bertz CT molecular complexity index is 913. The number of carbonyl (C=O) groups is 1. The smallest absolute Gasteiger partial charge is 0.274 e. The molecule has 0 aromatic carbocycles. The first-order chi connectivity index (χ1) is 17.2. The number of nitrogens with zero attached hydrogens (tertiary/aromatic N) is 5. The molecule has 35 heavy (non-hydrogen) atoms. The number of rotatable bonds is 5. The number of fused-ring (bicyclic) bond motifs is 1. The zero-order chi connectivity index (χ0) is 23.5. The summed E-state index contributed by atoms with van der Waals surface area (Å²) in [7, 11) is 0. The number of likely N-dealkylation sites (tertiary alicyclic amines) is 1. The number of aryl methyl sites for hydroxylation is 1. The fraction of sp³-hybridized carbons (Fsp3) is 0.862. The van der Waals surface area contributed by atoms with Crippen LogP contribution in [0.2, 0.25) is 0 Å². The van der Waals surface area contributed by atoms with Gasteiger partial charge in [0.1, 0.15) is 0 Å². The Morgan fingerprint density at radius 1 is 0.886 bits per heavy atom. The Balaban J connectivity index is 1.04. The molecule has 3 heterocycles. The van der Waals surface area contributed by atoms with Crippen LogP contribution in [0.15, 0.2) is 0 Å². The van der Waals surface area contributed by atoms with Gasteiger partial charge < -0.3 is 4.90 Å². The molecule has 6 nitrogen and oxygen atoms in total. The molecule has 0 spiro atoms. The van der Waals surface area contributed by atoms with Crippen LogP contribution in [0.5, 0.6) is 0 Å². The minimum atomic E-state index is 0.195. The molecular formula is C29H45N5O. The first kappa shape index (κ1) is 22.8. The van der Waals surface area contributed by atoms with Crippen molar-refractivity contribution in [2.24, 2.45) is 23.7 Å². The van der Waals surface area contributed by atoms with E-state index < -0.39 is 0 Å². The van der Waals surface area contributed by atoms with Crippen LogP contribution in [-0.2, 0) is 19.4 Å². The van der Waals surface area contributed by atoms with E-state index >= 15 is 0 Å². The molecule has 2 saturated heterocycles. The van der Waals surface area contributed by atoms with Crippen molar-refractivity contribution in [3.8, 4) is 0 Å². The second kappa shape index (κ2) is 9.16. The third kappa shape index (κ3) is 3.98. The standard InChI is InChI=1S/C29H45N5O/c1-2-7-34-26-6-5-24(19-25(26)27(30-34)29(35)33-8-3-4-9-33)31-10-12-32(13-11-31)28-22-15-20-14-21(17-22)18-23(28)16-20/h20-24,28H,2-19H2,1H3. The largest absolute Gasteiger partial charge is 0.337 e. The Kier molecular flexibility index (Phi) is 5.96. The highest BCUT2D eigenvalue weighted by atomic mass is 16.2. The van der Waals surface area contributed by atoms with Gasteiger partial charge in [-0.2, -0.15) is 5.10 Å². The van der Waals surface area contributed by atoms with Crippen molar-refractivity contribution in [3.05, 3.63) is 17.0 Å².